The van der Waals surface area contributed by atoms with Crippen molar-refractivity contribution in [2.45, 2.75) is 50.8 Å². The molecule has 0 amide bonds. The normalized spacial score (nSPS) is 15.2. The van der Waals surface area contributed by atoms with Crippen LogP contribution < -0.4 is 0 Å². The number of rotatable bonds is 8. The number of hydrogen-bond acceptors (Lipinski definition) is 4. The van der Waals surface area contributed by atoms with Crippen LogP contribution in [0.15, 0.2) is 43.0 Å². The van der Waals surface area contributed by atoms with Gasteiger partial charge in [-0.05, 0) is 33.3 Å². The highest BCUT2D eigenvalue weighted by atomic mass is 32.1. The van der Waals surface area contributed by atoms with Crippen molar-refractivity contribution in [1.29, 1.82) is 0 Å². The summed E-state index contributed by atoms with van der Waals surface area (Å²) in [6, 6.07) is 9.73. The van der Waals surface area contributed by atoms with Crippen molar-refractivity contribution in [3.63, 3.8) is 0 Å². The molecule has 0 N–H and O–H groups in total. The number of benzene rings is 1. The predicted molar refractivity (Wildman–Crippen MR) is 92.2 cm³/mol. The van der Waals surface area contributed by atoms with Gasteiger partial charge in [-0.15, -0.1) is 6.58 Å². The highest BCUT2D eigenvalue weighted by Gasteiger charge is 2.40. The third-order valence-corrected chi connectivity index (χ3v) is 6.37. The van der Waals surface area contributed by atoms with E-state index in [-0.39, 0.29) is 18.1 Å². The molecule has 0 aliphatic rings. The fourth-order valence-electron chi connectivity index (χ4n) is 2.04. The van der Waals surface area contributed by atoms with E-state index in [1.54, 1.807) is 6.08 Å². The largest absolute Gasteiger partial charge is 0.344 e. The Kier molecular flexibility index (Phi) is 7.22. The molecule has 0 aliphatic carbocycles. The monoisotopic (exact) mass is 328 g/mol. The van der Waals surface area contributed by atoms with Crippen molar-refractivity contribution in [1.82, 2.24) is 0 Å². The second kappa shape index (κ2) is 8.19. The number of allylic oxidation sites excluding steroid dienone is 1. The van der Waals surface area contributed by atoms with E-state index in [0.29, 0.717) is 0 Å². The quantitative estimate of drug-likeness (QED) is 0.402. The Bertz CT molecular complexity index is 474. The van der Waals surface area contributed by atoms with E-state index in [1.165, 1.54) is 0 Å². The van der Waals surface area contributed by atoms with Crippen LogP contribution in [0.1, 0.15) is 39.2 Å². The van der Waals surface area contributed by atoms with E-state index >= 15 is 0 Å². The van der Waals surface area contributed by atoms with Crippen LogP contribution in [0, 0.1) is 0 Å². The van der Waals surface area contributed by atoms with Crippen LogP contribution in [0.5, 0.6) is 0 Å². The Hall–Kier alpha value is -0.540. The summed E-state index contributed by atoms with van der Waals surface area (Å²) in [6.07, 6.45) is 1.34. The number of hydrogen-bond donors (Lipinski definition) is 1. The molecular formula is C16H25O3PS. The van der Waals surface area contributed by atoms with Crippen molar-refractivity contribution in [3.8, 4) is 0 Å². The standard InChI is InChI=1S/C16H25O3PS/c1-6-15(14-10-8-7-9-11-14)16(21)20(17,18-12(2)3)19-13(4)5/h6-13,15-16,21H,1H2,2-5H3. The Balaban J connectivity index is 3.10. The molecule has 118 valence electrons. The Morgan fingerprint density at radius 1 is 1.10 bits per heavy atom. The molecule has 0 aromatic heterocycles. The summed E-state index contributed by atoms with van der Waals surface area (Å²) in [4.78, 5) is -0.595. The molecule has 0 radical (unpaired) electrons. The van der Waals surface area contributed by atoms with Crippen molar-refractivity contribution in [2.75, 3.05) is 0 Å². The van der Waals surface area contributed by atoms with Crippen molar-refractivity contribution in [3.05, 3.63) is 48.6 Å². The molecule has 0 bridgehead atoms. The number of thiol groups is 1. The molecule has 1 aromatic carbocycles. The van der Waals surface area contributed by atoms with E-state index in [0.717, 1.165) is 5.56 Å². The SMILES string of the molecule is C=CC(c1ccccc1)C(S)P(=O)(OC(C)C)OC(C)C. The summed E-state index contributed by atoms with van der Waals surface area (Å²) >= 11 is 4.56. The highest BCUT2D eigenvalue weighted by molar-refractivity contribution is 7.90. The van der Waals surface area contributed by atoms with Crippen LogP contribution in [0.2, 0.25) is 0 Å². The van der Waals surface area contributed by atoms with Gasteiger partial charge in [0.2, 0.25) is 0 Å². The van der Waals surface area contributed by atoms with Crippen LogP contribution >= 0.6 is 20.2 Å². The van der Waals surface area contributed by atoms with Gasteiger partial charge in [0.25, 0.3) is 0 Å². The van der Waals surface area contributed by atoms with Crippen molar-refractivity contribution in [2.24, 2.45) is 0 Å². The van der Waals surface area contributed by atoms with Gasteiger partial charge in [0.1, 0.15) is 4.99 Å². The van der Waals surface area contributed by atoms with Crippen molar-refractivity contribution >= 4 is 20.2 Å². The molecule has 2 atom stereocenters. The average Bonchev–Trinajstić information content (AvgIpc) is 2.38. The molecule has 0 saturated carbocycles. The maximum Gasteiger partial charge on any atom is 0.344 e. The topological polar surface area (TPSA) is 35.5 Å². The van der Waals surface area contributed by atoms with Crippen LogP contribution in [0.3, 0.4) is 0 Å². The molecule has 2 unspecified atom stereocenters. The Labute approximate surface area is 133 Å². The molecule has 1 aromatic rings. The summed E-state index contributed by atoms with van der Waals surface area (Å²) in [5, 5.41) is 0. The predicted octanol–water partition coefficient (Wildman–Crippen LogP) is 5.26. The van der Waals surface area contributed by atoms with Gasteiger partial charge in [-0.3, -0.25) is 4.57 Å². The lowest BCUT2D eigenvalue weighted by atomic mass is 10.0. The first-order valence-corrected chi connectivity index (χ1v) is 9.25. The minimum absolute atomic E-state index is 0.203. The van der Waals surface area contributed by atoms with Crippen LogP contribution in [-0.2, 0) is 13.6 Å². The van der Waals surface area contributed by atoms with Crippen LogP contribution in [0.4, 0.5) is 0 Å². The summed E-state index contributed by atoms with van der Waals surface area (Å²) in [6.45, 7) is 11.2. The van der Waals surface area contributed by atoms with E-state index in [4.69, 9.17) is 9.05 Å². The van der Waals surface area contributed by atoms with Crippen LogP contribution in [0.25, 0.3) is 0 Å². The lowest BCUT2D eigenvalue weighted by Gasteiger charge is -2.31. The van der Waals surface area contributed by atoms with E-state index in [1.807, 2.05) is 58.0 Å². The molecule has 5 heteroatoms. The molecule has 0 fully saturated rings. The van der Waals surface area contributed by atoms with Gasteiger partial charge in [-0.1, -0.05) is 36.4 Å². The van der Waals surface area contributed by atoms with Gasteiger partial charge in [0.05, 0.1) is 12.2 Å². The second-order valence-corrected chi connectivity index (χ2v) is 8.46. The van der Waals surface area contributed by atoms with Gasteiger partial charge in [0.15, 0.2) is 0 Å². The third kappa shape index (κ3) is 5.30. The van der Waals surface area contributed by atoms with Gasteiger partial charge >= 0.3 is 7.60 Å². The first-order valence-electron chi connectivity index (χ1n) is 7.12. The minimum Gasteiger partial charge on any atom is -0.305 e. The molecule has 0 heterocycles. The highest BCUT2D eigenvalue weighted by Crippen LogP contribution is 2.60. The average molecular weight is 328 g/mol. The summed E-state index contributed by atoms with van der Waals surface area (Å²) in [7, 11) is -3.37. The summed E-state index contributed by atoms with van der Waals surface area (Å²) < 4.78 is 24.4. The zero-order valence-corrected chi connectivity index (χ0v) is 14.9. The molecule has 3 nitrogen and oxygen atoms in total. The van der Waals surface area contributed by atoms with E-state index in [2.05, 4.69) is 19.2 Å². The fraction of sp³-hybridized carbons (Fsp3) is 0.500. The van der Waals surface area contributed by atoms with Gasteiger partial charge in [-0.25, -0.2) is 0 Å². The summed E-state index contributed by atoms with van der Waals surface area (Å²) in [5.74, 6) is -0.210. The lowest BCUT2D eigenvalue weighted by molar-refractivity contribution is 0.140. The molecule has 0 aliphatic heterocycles. The maximum atomic E-state index is 13.1. The second-order valence-electron chi connectivity index (χ2n) is 5.43. The third-order valence-electron chi connectivity index (χ3n) is 2.80. The fourth-order valence-corrected chi connectivity index (χ4v) is 4.82. The Morgan fingerprint density at radius 2 is 1.57 bits per heavy atom. The first kappa shape index (κ1) is 18.5. The van der Waals surface area contributed by atoms with Crippen molar-refractivity contribution < 1.29 is 13.6 Å². The van der Waals surface area contributed by atoms with Crippen LogP contribution in [-0.4, -0.2) is 17.2 Å². The molecular weight excluding hydrogens is 303 g/mol. The lowest BCUT2D eigenvalue weighted by Crippen LogP contribution is -2.19. The first-order chi connectivity index (χ1) is 9.80. The van der Waals surface area contributed by atoms with Gasteiger partial charge in [-0.2, -0.15) is 12.6 Å². The maximum absolute atomic E-state index is 13.1. The molecule has 0 spiro atoms. The van der Waals surface area contributed by atoms with E-state index < -0.39 is 12.6 Å². The van der Waals surface area contributed by atoms with Gasteiger partial charge in [0, 0.05) is 5.92 Å². The zero-order chi connectivity index (χ0) is 16.0. The molecule has 1 rings (SSSR count). The zero-order valence-electron chi connectivity index (χ0n) is 13.1. The Morgan fingerprint density at radius 3 is 1.95 bits per heavy atom. The smallest absolute Gasteiger partial charge is 0.305 e. The van der Waals surface area contributed by atoms with E-state index in [9.17, 15) is 4.57 Å². The molecule has 21 heavy (non-hydrogen) atoms. The summed E-state index contributed by atoms with van der Waals surface area (Å²) in [5.41, 5.74) is 0.993. The minimum atomic E-state index is -3.37. The van der Waals surface area contributed by atoms with Gasteiger partial charge < -0.3 is 9.05 Å². The molecule has 0 saturated heterocycles.